The van der Waals surface area contributed by atoms with Gasteiger partial charge in [0.05, 0.1) is 12.6 Å². The number of carboxylic acids is 1. The Morgan fingerprint density at radius 3 is 2.53 bits per heavy atom. The van der Waals surface area contributed by atoms with Crippen molar-refractivity contribution in [3.8, 4) is 0 Å². The van der Waals surface area contributed by atoms with Gasteiger partial charge in [-0.15, -0.1) is 0 Å². The summed E-state index contributed by atoms with van der Waals surface area (Å²) in [6.45, 7) is 2.18. The SMILES string of the molecule is C[C@@H]1CN(C(=O)c2ccc(Cl)cc2)CC(C(=O)O)O1. The molecule has 5 nitrogen and oxygen atoms in total. The molecule has 0 bridgehead atoms. The van der Waals surface area contributed by atoms with E-state index in [0.29, 0.717) is 17.1 Å². The predicted octanol–water partition coefficient (Wildman–Crippen LogP) is 1.65. The minimum Gasteiger partial charge on any atom is -0.479 e. The highest BCUT2D eigenvalue weighted by atomic mass is 35.5. The molecule has 6 heteroatoms. The van der Waals surface area contributed by atoms with Crippen molar-refractivity contribution in [3.05, 3.63) is 34.9 Å². The van der Waals surface area contributed by atoms with Gasteiger partial charge in [-0.05, 0) is 31.2 Å². The van der Waals surface area contributed by atoms with Crippen LogP contribution in [0.5, 0.6) is 0 Å². The summed E-state index contributed by atoms with van der Waals surface area (Å²) in [7, 11) is 0. The highest BCUT2D eigenvalue weighted by molar-refractivity contribution is 6.30. The summed E-state index contributed by atoms with van der Waals surface area (Å²) in [6.07, 6.45) is -1.27. The molecule has 1 heterocycles. The van der Waals surface area contributed by atoms with Crippen molar-refractivity contribution in [1.29, 1.82) is 0 Å². The zero-order valence-corrected chi connectivity index (χ0v) is 11.1. The normalized spacial score (nSPS) is 23.2. The molecule has 1 saturated heterocycles. The van der Waals surface area contributed by atoms with Gasteiger partial charge in [-0.2, -0.15) is 0 Å². The summed E-state index contributed by atoms with van der Waals surface area (Å²) in [5, 5.41) is 9.53. The summed E-state index contributed by atoms with van der Waals surface area (Å²) in [6, 6.07) is 6.52. The number of nitrogens with zero attached hydrogens (tertiary/aromatic N) is 1. The van der Waals surface area contributed by atoms with Crippen molar-refractivity contribution < 1.29 is 19.4 Å². The Morgan fingerprint density at radius 1 is 1.32 bits per heavy atom. The zero-order valence-electron chi connectivity index (χ0n) is 10.4. The molecule has 0 saturated carbocycles. The number of carboxylic acid groups (broad SMARTS) is 1. The highest BCUT2D eigenvalue weighted by Gasteiger charge is 2.32. The molecule has 0 aromatic heterocycles. The number of ether oxygens (including phenoxy) is 1. The number of carbonyl (C=O) groups is 2. The van der Waals surface area contributed by atoms with Gasteiger partial charge in [-0.3, -0.25) is 4.79 Å². The Labute approximate surface area is 115 Å². The number of carbonyl (C=O) groups excluding carboxylic acids is 1. The van der Waals surface area contributed by atoms with Gasteiger partial charge in [0.15, 0.2) is 6.10 Å². The average molecular weight is 284 g/mol. The molecule has 102 valence electrons. The molecular formula is C13H14ClNO4. The summed E-state index contributed by atoms with van der Waals surface area (Å²) < 4.78 is 5.27. The topological polar surface area (TPSA) is 66.8 Å². The second kappa shape index (κ2) is 5.59. The number of morpholine rings is 1. The third-order valence-corrected chi connectivity index (χ3v) is 3.17. The molecule has 0 aliphatic carbocycles. The molecule has 1 fully saturated rings. The summed E-state index contributed by atoms with van der Waals surface area (Å²) in [5.74, 6) is -1.27. The molecule has 1 aliphatic rings. The maximum Gasteiger partial charge on any atom is 0.334 e. The van der Waals surface area contributed by atoms with Crippen LogP contribution in [0, 0.1) is 0 Å². The van der Waals surface area contributed by atoms with Crippen molar-refractivity contribution in [2.24, 2.45) is 0 Å². The third-order valence-electron chi connectivity index (χ3n) is 2.91. The van der Waals surface area contributed by atoms with Crippen LogP contribution >= 0.6 is 11.6 Å². The van der Waals surface area contributed by atoms with Crippen LogP contribution in [0.2, 0.25) is 5.02 Å². The second-order valence-electron chi connectivity index (χ2n) is 4.49. The molecule has 1 aromatic carbocycles. The van der Waals surface area contributed by atoms with Gasteiger partial charge in [0.1, 0.15) is 0 Å². The fourth-order valence-corrected chi connectivity index (χ4v) is 2.15. The van der Waals surface area contributed by atoms with Crippen molar-refractivity contribution in [2.75, 3.05) is 13.1 Å². The largest absolute Gasteiger partial charge is 0.479 e. The van der Waals surface area contributed by atoms with Crippen molar-refractivity contribution in [2.45, 2.75) is 19.1 Å². The van der Waals surface area contributed by atoms with Gasteiger partial charge in [0.25, 0.3) is 5.91 Å². The lowest BCUT2D eigenvalue weighted by Crippen LogP contribution is -2.51. The fourth-order valence-electron chi connectivity index (χ4n) is 2.03. The Balaban J connectivity index is 2.14. The lowest BCUT2D eigenvalue weighted by molar-refractivity contribution is -0.160. The Morgan fingerprint density at radius 2 is 1.95 bits per heavy atom. The average Bonchev–Trinajstić information content (AvgIpc) is 2.38. The number of rotatable bonds is 2. The molecule has 0 radical (unpaired) electrons. The molecule has 1 N–H and O–H groups in total. The number of hydrogen-bond acceptors (Lipinski definition) is 3. The predicted molar refractivity (Wildman–Crippen MR) is 69.3 cm³/mol. The van der Waals surface area contributed by atoms with Crippen molar-refractivity contribution >= 4 is 23.5 Å². The first kappa shape index (κ1) is 13.8. The van der Waals surface area contributed by atoms with Gasteiger partial charge < -0.3 is 14.7 Å². The molecule has 2 rings (SSSR count). The third kappa shape index (κ3) is 3.24. The van der Waals surface area contributed by atoms with E-state index in [1.165, 1.54) is 4.90 Å². The summed E-state index contributed by atoms with van der Waals surface area (Å²) in [4.78, 5) is 24.7. The number of halogens is 1. The Bertz CT molecular complexity index is 488. The maximum absolute atomic E-state index is 12.3. The summed E-state index contributed by atoms with van der Waals surface area (Å²) >= 11 is 5.77. The highest BCUT2D eigenvalue weighted by Crippen LogP contribution is 2.16. The van der Waals surface area contributed by atoms with Crippen LogP contribution in [0.1, 0.15) is 17.3 Å². The number of hydrogen-bond donors (Lipinski definition) is 1. The van der Waals surface area contributed by atoms with Crippen LogP contribution in [0.25, 0.3) is 0 Å². The van der Waals surface area contributed by atoms with Gasteiger partial charge in [-0.25, -0.2) is 4.79 Å². The van der Waals surface area contributed by atoms with Crippen LogP contribution in [-0.4, -0.2) is 47.2 Å². The Hall–Kier alpha value is -1.59. The minimum atomic E-state index is -1.06. The van der Waals surface area contributed by atoms with E-state index < -0.39 is 12.1 Å². The van der Waals surface area contributed by atoms with E-state index in [9.17, 15) is 9.59 Å². The lowest BCUT2D eigenvalue weighted by atomic mass is 10.1. The number of aliphatic carboxylic acids is 1. The number of amides is 1. The van der Waals surface area contributed by atoms with E-state index in [1.807, 2.05) is 0 Å². The quantitative estimate of drug-likeness (QED) is 0.896. The van der Waals surface area contributed by atoms with E-state index in [4.69, 9.17) is 21.4 Å². The monoisotopic (exact) mass is 283 g/mol. The van der Waals surface area contributed by atoms with E-state index in [1.54, 1.807) is 31.2 Å². The molecule has 1 amide bonds. The van der Waals surface area contributed by atoms with Crippen LogP contribution < -0.4 is 0 Å². The van der Waals surface area contributed by atoms with Gasteiger partial charge in [-0.1, -0.05) is 11.6 Å². The maximum atomic E-state index is 12.3. The van der Waals surface area contributed by atoms with Crippen LogP contribution in [-0.2, 0) is 9.53 Å². The first-order chi connectivity index (χ1) is 8.97. The van der Waals surface area contributed by atoms with Crippen LogP contribution in [0.4, 0.5) is 0 Å². The molecule has 1 unspecified atom stereocenters. The van der Waals surface area contributed by atoms with Gasteiger partial charge in [0.2, 0.25) is 0 Å². The smallest absolute Gasteiger partial charge is 0.334 e. The Kier molecular flexibility index (Phi) is 4.07. The molecule has 2 atom stereocenters. The number of benzene rings is 1. The van der Waals surface area contributed by atoms with Crippen molar-refractivity contribution in [1.82, 2.24) is 4.90 Å². The first-order valence-corrected chi connectivity index (χ1v) is 6.28. The standard InChI is InChI=1S/C13H14ClNO4/c1-8-6-15(7-11(19-8)13(17)18)12(16)9-2-4-10(14)5-3-9/h2-5,8,11H,6-7H2,1H3,(H,17,18)/t8-,11?/m1/s1. The van der Waals surface area contributed by atoms with E-state index >= 15 is 0 Å². The fraction of sp³-hybridized carbons (Fsp3) is 0.385. The zero-order chi connectivity index (χ0) is 14.0. The molecule has 1 aromatic rings. The molecule has 1 aliphatic heterocycles. The molecule has 0 spiro atoms. The van der Waals surface area contributed by atoms with E-state index in [-0.39, 0.29) is 18.6 Å². The van der Waals surface area contributed by atoms with Crippen LogP contribution in [0.3, 0.4) is 0 Å². The minimum absolute atomic E-state index is 0.0567. The van der Waals surface area contributed by atoms with Crippen LogP contribution in [0.15, 0.2) is 24.3 Å². The van der Waals surface area contributed by atoms with Gasteiger partial charge in [0, 0.05) is 17.1 Å². The van der Waals surface area contributed by atoms with Crippen molar-refractivity contribution in [3.63, 3.8) is 0 Å². The summed E-state index contributed by atoms with van der Waals surface area (Å²) in [5.41, 5.74) is 0.489. The molecule has 19 heavy (non-hydrogen) atoms. The first-order valence-electron chi connectivity index (χ1n) is 5.90. The van der Waals surface area contributed by atoms with E-state index in [0.717, 1.165) is 0 Å². The van der Waals surface area contributed by atoms with Gasteiger partial charge >= 0.3 is 5.97 Å². The van der Waals surface area contributed by atoms with E-state index in [2.05, 4.69) is 0 Å². The molecular weight excluding hydrogens is 270 g/mol. The second-order valence-corrected chi connectivity index (χ2v) is 4.93. The lowest BCUT2D eigenvalue weighted by Gasteiger charge is -2.35.